The lowest BCUT2D eigenvalue weighted by Gasteiger charge is -2.08. The first-order valence-electron chi connectivity index (χ1n) is 8.20. The molecule has 0 unspecified atom stereocenters. The Kier molecular flexibility index (Phi) is 4.78. The van der Waals surface area contributed by atoms with Crippen molar-refractivity contribution < 1.29 is 4.74 Å². The predicted molar refractivity (Wildman–Crippen MR) is 88.5 cm³/mol. The second-order valence-electron chi connectivity index (χ2n) is 6.33. The van der Waals surface area contributed by atoms with Crippen LogP contribution >= 0.6 is 0 Å². The third-order valence-electron chi connectivity index (χ3n) is 4.32. The molecule has 1 aliphatic rings. The number of H-pyrrole nitrogens is 1. The maximum Gasteiger partial charge on any atom is 0.119 e. The zero-order valence-electron chi connectivity index (χ0n) is 13.4. The van der Waals surface area contributed by atoms with E-state index in [1.165, 1.54) is 17.7 Å². The normalized spacial score (nSPS) is 18.0. The topological polar surface area (TPSA) is 49.9 Å². The number of nitrogens with one attached hydrogen (secondary N) is 2. The van der Waals surface area contributed by atoms with Gasteiger partial charge in [0, 0.05) is 24.6 Å². The number of nitrogens with zero attached hydrogens (tertiary/aromatic N) is 1. The predicted octanol–water partition coefficient (Wildman–Crippen LogP) is 3.23. The van der Waals surface area contributed by atoms with Crippen LogP contribution in [0.4, 0.5) is 0 Å². The number of aromatic nitrogens is 2. The van der Waals surface area contributed by atoms with Gasteiger partial charge in [-0.1, -0.05) is 26.0 Å². The van der Waals surface area contributed by atoms with E-state index in [-0.39, 0.29) is 0 Å². The van der Waals surface area contributed by atoms with Crippen molar-refractivity contribution in [2.75, 3.05) is 19.7 Å². The maximum atomic E-state index is 5.82. The fraction of sp³-hybridized carbons (Fsp3) is 0.500. The van der Waals surface area contributed by atoms with Crippen LogP contribution in [0.1, 0.15) is 49.1 Å². The molecule has 3 rings (SSSR count). The van der Waals surface area contributed by atoms with Gasteiger partial charge in [0.1, 0.15) is 5.75 Å². The van der Waals surface area contributed by atoms with E-state index in [9.17, 15) is 0 Å². The van der Waals surface area contributed by atoms with E-state index < -0.39 is 0 Å². The van der Waals surface area contributed by atoms with E-state index in [0.717, 1.165) is 31.0 Å². The van der Waals surface area contributed by atoms with Crippen molar-refractivity contribution in [2.45, 2.75) is 38.5 Å². The van der Waals surface area contributed by atoms with Crippen LogP contribution in [0.3, 0.4) is 0 Å². The summed E-state index contributed by atoms with van der Waals surface area (Å²) in [5.41, 5.74) is 3.68. The van der Waals surface area contributed by atoms with Crippen molar-refractivity contribution in [1.82, 2.24) is 15.5 Å². The number of ether oxygens (including phenoxy) is 1. The average molecular weight is 299 g/mol. The summed E-state index contributed by atoms with van der Waals surface area (Å²) in [7, 11) is 0. The van der Waals surface area contributed by atoms with Gasteiger partial charge in [-0.3, -0.25) is 5.10 Å². The molecule has 1 aromatic carbocycles. The van der Waals surface area contributed by atoms with Gasteiger partial charge in [0.25, 0.3) is 0 Å². The fourth-order valence-corrected chi connectivity index (χ4v) is 2.85. The molecule has 2 aromatic rings. The third-order valence-corrected chi connectivity index (χ3v) is 4.32. The smallest absolute Gasteiger partial charge is 0.119 e. The van der Waals surface area contributed by atoms with Crippen LogP contribution in [0.5, 0.6) is 5.75 Å². The molecular formula is C18H25N3O. The van der Waals surface area contributed by atoms with E-state index in [1.54, 1.807) is 0 Å². The molecule has 4 nitrogen and oxygen atoms in total. The summed E-state index contributed by atoms with van der Waals surface area (Å²) < 4.78 is 5.82. The highest BCUT2D eigenvalue weighted by Gasteiger charge is 2.19. The van der Waals surface area contributed by atoms with Gasteiger partial charge in [-0.25, -0.2) is 0 Å². The summed E-state index contributed by atoms with van der Waals surface area (Å²) in [5.74, 6) is 2.06. The van der Waals surface area contributed by atoms with Crippen molar-refractivity contribution in [3.05, 3.63) is 47.3 Å². The summed E-state index contributed by atoms with van der Waals surface area (Å²) in [5, 5.41) is 10.9. The number of hydrogen-bond donors (Lipinski definition) is 2. The summed E-state index contributed by atoms with van der Waals surface area (Å²) >= 11 is 0. The molecule has 0 radical (unpaired) electrons. The lowest BCUT2D eigenvalue weighted by molar-refractivity contribution is 0.320. The van der Waals surface area contributed by atoms with Crippen molar-refractivity contribution in [3.8, 4) is 5.75 Å². The van der Waals surface area contributed by atoms with E-state index >= 15 is 0 Å². The van der Waals surface area contributed by atoms with Gasteiger partial charge in [-0.05, 0) is 42.6 Å². The molecule has 4 heteroatoms. The first-order chi connectivity index (χ1) is 10.7. The summed E-state index contributed by atoms with van der Waals surface area (Å²) in [6.45, 7) is 7.22. The molecule has 0 amide bonds. The third kappa shape index (κ3) is 3.69. The van der Waals surface area contributed by atoms with Crippen LogP contribution in [-0.2, 0) is 6.42 Å². The van der Waals surface area contributed by atoms with Crippen molar-refractivity contribution in [3.63, 3.8) is 0 Å². The molecule has 2 heterocycles. The molecule has 1 aromatic heterocycles. The monoisotopic (exact) mass is 299 g/mol. The SMILES string of the molecule is CC(C)c1ccc(OCCc2cc([C@H]3CCNC3)n[nH]2)cc1. The number of benzene rings is 1. The van der Waals surface area contributed by atoms with Crippen molar-refractivity contribution in [1.29, 1.82) is 0 Å². The highest BCUT2D eigenvalue weighted by molar-refractivity contribution is 5.29. The second kappa shape index (κ2) is 6.97. The second-order valence-corrected chi connectivity index (χ2v) is 6.33. The molecule has 2 N–H and O–H groups in total. The molecule has 1 saturated heterocycles. The zero-order chi connectivity index (χ0) is 15.4. The minimum absolute atomic E-state index is 0.558. The molecule has 1 fully saturated rings. The Balaban J connectivity index is 1.48. The number of rotatable bonds is 6. The summed E-state index contributed by atoms with van der Waals surface area (Å²) in [4.78, 5) is 0. The quantitative estimate of drug-likeness (QED) is 0.861. The van der Waals surface area contributed by atoms with E-state index in [0.29, 0.717) is 18.4 Å². The van der Waals surface area contributed by atoms with Crippen LogP contribution in [0.15, 0.2) is 30.3 Å². The minimum Gasteiger partial charge on any atom is -0.493 e. The first kappa shape index (κ1) is 15.1. The first-order valence-corrected chi connectivity index (χ1v) is 8.20. The molecule has 22 heavy (non-hydrogen) atoms. The molecule has 1 atom stereocenters. The van der Waals surface area contributed by atoms with Crippen molar-refractivity contribution in [2.24, 2.45) is 0 Å². The van der Waals surface area contributed by atoms with Crippen molar-refractivity contribution >= 4 is 0 Å². The Morgan fingerprint density at radius 1 is 1.27 bits per heavy atom. The standard InChI is InChI=1S/C18H25N3O/c1-13(2)14-3-5-17(6-4-14)22-10-8-16-11-18(21-20-16)15-7-9-19-12-15/h3-6,11,13,15,19H,7-10,12H2,1-2H3,(H,20,21)/t15-/m0/s1. The van der Waals surface area contributed by atoms with Gasteiger partial charge in [-0.15, -0.1) is 0 Å². The molecule has 118 valence electrons. The van der Waals surface area contributed by atoms with Gasteiger partial charge in [0.05, 0.1) is 12.3 Å². The highest BCUT2D eigenvalue weighted by Crippen LogP contribution is 2.21. The Hall–Kier alpha value is -1.81. The fourth-order valence-electron chi connectivity index (χ4n) is 2.85. The Labute approximate surface area is 132 Å². The Morgan fingerprint density at radius 3 is 2.77 bits per heavy atom. The number of aromatic amines is 1. The summed E-state index contributed by atoms with van der Waals surface area (Å²) in [6.07, 6.45) is 2.04. The van der Waals surface area contributed by atoms with Crippen LogP contribution < -0.4 is 10.1 Å². The van der Waals surface area contributed by atoms with E-state index in [2.05, 4.69) is 59.7 Å². The van der Waals surface area contributed by atoms with Gasteiger partial charge in [-0.2, -0.15) is 5.10 Å². The maximum absolute atomic E-state index is 5.82. The van der Waals surface area contributed by atoms with E-state index in [4.69, 9.17) is 4.74 Å². The highest BCUT2D eigenvalue weighted by atomic mass is 16.5. The number of hydrogen-bond acceptors (Lipinski definition) is 3. The lowest BCUT2D eigenvalue weighted by atomic mass is 10.0. The molecule has 0 spiro atoms. The van der Waals surface area contributed by atoms with Gasteiger partial charge < -0.3 is 10.1 Å². The zero-order valence-corrected chi connectivity index (χ0v) is 13.4. The minimum atomic E-state index is 0.558. The average Bonchev–Trinajstić information content (AvgIpc) is 3.19. The van der Waals surface area contributed by atoms with E-state index in [1.807, 2.05) is 0 Å². The Morgan fingerprint density at radius 2 is 2.09 bits per heavy atom. The summed E-state index contributed by atoms with van der Waals surface area (Å²) in [6, 6.07) is 10.6. The molecule has 0 aliphatic carbocycles. The largest absolute Gasteiger partial charge is 0.493 e. The van der Waals surface area contributed by atoms with Crippen LogP contribution in [-0.4, -0.2) is 29.9 Å². The molecule has 0 saturated carbocycles. The molecule has 1 aliphatic heterocycles. The van der Waals surface area contributed by atoms with Gasteiger partial charge >= 0.3 is 0 Å². The molecular weight excluding hydrogens is 274 g/mol. The van der Waals surface area contributed by atoms with Gasteiger partial charge in [0.2, 0.25) is 0 Å². The van der Waals surface area contributed by atoms with Crippen LogP contribution in [0, 0.1) is 0 Å². The van der Waals surface area contributed by atoms with Gasteiger partial charge in [0.15, 0.2) is 0 Å². The van der Waals surface area contributed by atoms with Crippen LogP contribution in [0.25, 0.3) is 0 Å². The molecule has 0 bridgehead atoms. The Bertz CT molecular complexity index is 583. The van der Waals surface area contributed by atoms with Crippen LogP contribution in [0.2, 0.25) is 0 Å². The lowest BCUT2D eigenvalue weighted by Crippen LogP contribution is -2.08.